The van der Waals surface area contributed by atoms with E-state index in [9.17, 15) is 4.39 Å². The normalized spacial score (nSPS) is 25.5. The molecule has 1 heterocycles. The number of halogens is 1. The Morgan fingerprint density at radius 1 is 1.29 bits per heavy atom. The minimum Gasteiger partial charge on any atom is -0.496 e. The van der Waals surface area contributed by atoms with Crippen molar-refractivity contribution in [1.82, 2.24) is 5.32 Å². The second-order valence-corrected chi connectivity index (χ2v) is 6.35. The van der Waals surface area contributed by atoms with Crippen molar-refractivity contribution < 1.29 is 13.9 Å². The molecule has 3 rings (SSSR count). The van der Waals surface area contributed by atoms with Crippen molar-refractivity contribution in [2.75, 3.05) is 26.8 Å². The number of rotatable bonds is 2. The van der Waals surface area contributed by atoms with Crippen molar-refractivity contribution in [3.63, 3.8) is 0 Å². The molecule has 1 N–H and O–H groups in total. The van der Waals surface area contributed by atoms with E-state index >= 15 is 0 Å². The summed E-state index contributed by atoms with van der Waals surface area (Å²) >= 11 is 0. The Morgan fingerprint density at radius 3 is 2.86 bits per heavy atom. The molecule has 1 atom stereocenters. The standard InChI is InChI=1S/C17H24FNO2/c1-20-14-7-5-6-13(18)16(14)15-10-19-11-17(12-21-15)8-3-2-4-9-17/h5-7,15,19H,2-4,8-12H2,1H3. The third kappa shape index (κ3) is 3.06. The fourth-order valence-electron chi connectivity index (χ4n) is 3.67. The fraction of sp³-hybridized carbons (Fsp3) is 0.647. The Labute approximate surface area is 125 Å². The van der Waals surface area contributed by atoms with Crippen LogP contribution in [0, 0.1) is 11.2 Å². The summed E-state index contributed by atoms with van der Waals surface area (Å²) in [5.74, 6) is 0.321. The van der Waals surface area contributed by atoms with Gasteiger partial charge in [-0.15, -0.1) is 0 Å². The lowest BCUT2D eigenvalue weighted by Gasteiger charge is -2.35. The second-order valence-electron chi connectivity index (χ2n) is 6.35. The van der Waals surface area contributed by atoms with Gasteiger partial charge in [0.2, 0.25) is 0 Å². The van der Waals surface area contributed by atoms with E-state index in [0.29, 0.717) is 24.5 Å². The Balaban J connectivity index is 1.79. The predicted molar refractivity (Wildman–Crippen MR) is 80.0 cm³/mol. The summed E-state index contributed by atoms with van der Waals surface area (Å²) in [5, 5.41) is 3.49. The molecule has 1 aromatic rings. The molecule has 0 bridgehead atoms. The van der Waals surface area contributed by atoms with Crippen molar-refractivity contribution in [1.29, 1.82) is 0 Å². The van der Waals surface area contributed by atoms with Gasteiger partial charge in [-0.25, -0.2) is 4.39 Å². The summed E-state index contributed by atoms with van der Waals surface area (Å²) < 4.78 is 25.6. The zero-order valence-corrected chi connectivity index (χ0v) is 12.7. The van der Waals surface area contributed by atoms with Gasteiger partial charge in [-0.1, -0.05) is 25.3 Å². The van der Waals surface area contributed by atoms with Gasteiger partial charge in [0.05, 0.1) is 19.3 Å². The summed E-state index contributed by atoms with van der Waals surface area (Å²) in [6.45, 7) is 2.32. The summed E-state index contributed by atoms with van der Waals surface area (Å²) in [6, 6.07) is 4.94. The zero-order chi connectivity index (χ0) is 14.7. The first-order chi connectivity index (χ1) is 10.2. The van der Waals surface area contributed by atoms with Gasteiger partial charge in [-0.2, -0.15) is 0 Å². The van der Waals surface area contributed by atoms with Crippen LogP contribution in [0.1, 0.15) is 43.8 Å². The fourth-order valence-corrected chi connectivity index (χ4v) is 3.67. The van der Waals surface area contributed by atoms with E-state index in [2.05, 4.69) is 5.32 Å². The molecule has 1 saturated heterocycles. The molecule has 0 amide bonds. The molecule has 1 unspecified atom stereocenters. The van der Waals surface area contributed by atoms with Crippen LogP contribution in [-0.2, 0) is 4.74 Å². The minimum absolute atomic E-state index is 0.242. The molecule has 2 fully saturated rings. The van der Waals surface area contributed by atoms with Crippen molar-refractivity contribution in [2.45, 2.75) is 38.2 Å². The lowest BCUT2D eigenvalue weighted by molar-refractivity contribution is -0.00362. The van der Waals surface area contributed by atoms with Crippen molar-refractivity contribution >= 4 is 0 Å². The molecule has 1 aliphatic carbocycles. The van der Waals surface area contributed by atoms with Crippen LogP contribution in [0.4, 0.5) is 4.39 Å². The number of ether oxygens (including phenoxy) is 2. The molecule has 1 aliphatic heterocycles. The van der Waals surface area contributed by atoms with E-state index in [0.717, 1.165) is 6.54 Å². The summed E-state index contributed by atoms with van der Waals surface area (Å²) in [6.07, 6.45) is 6.02. The van der Waals surface area contributed by atoms with Gasteiger partial charge in [0.25, 0.3) is 0 Å². The number of hydrogen-bond donors (Lipinski definition) is 1. The van der Waals surface area contributed by atoms with E-state index < -0.39 is 0 Å². The first-order valence-corrected chi connectivity index (χ1v) is 7.89. The van der Waals surface area contributed by atoms with Gasteiger partial charge in [0.1, 0.15) is 17.7 Å². The van der Waals surface area contributed by atoms with Crippen LogP contribution in [0.5, 0.6) is 5.75 Å². The van der Waals surface area contributed by atoms with Crippen LogP contribution in [0.3, 0.4) is 0 Å². The van der Waals surface area contributed by atoms with Crippen LogP contribution in [0.25, 0.3) is 0 Å². The Kier molecular flexibility index (Phi) is 4.45. The second kappa shape index (κ2) is 6.32. The van der Waals surface area contributed by atoms with Gasteiger partial charge >= 0.3 is 0 Å². The lowest BCUT2D eigenvalue weighted by Crippen LogP contribution is -2.37. The van der Waals surface area contributed by atoms with Crippen LogP contribution in [0.2, 0.25) is 0 Å². The predicted octanol–water partition coefficient (Wildman–Crippen LogP) is 3.45. The number of nitrogens with one attached hydrogen (secondary N) is 1. The molecule has 1 saturated carbocycles. The van der Waals surface area contributed by atoms with Crippen LogP contribution < -0.4 is 10.1 Å². The number of benzene rings is 1. The Bertz CT molecular complexity index is 486. The zero-order valence-electron chi connectivity index (χ0n) is 12.7. The smallest absolute Gasteiger partial charge is 0.132 e. The van der Waals surface area contributed by atoms with Gasteiger partial charge in [0.15, 0.2) is 0 Å². The molecule has 2 aliphatic rings. The highest BCUT2D eigenvalue weighted by atomic mass is 19.1. The summed E-state index contributed by atoms with van der Waals surface area (Å²) in [5.41, 5.74) is 0.784. The quantitative estimate of drug-likeness (QED) is 0.906. The van der Waals surface area contributed by atoms with E-state index in [4.69, 9.17) is 9.47 Å². The van der Waals surface area contributed by atoms with E-state index in [1.165, 1.54) is 38.2 Å². The molecule has 4 heteroatoms. The molecule has 1 aromatic carbocycles. The van der Waals surface area contributed by atoms with Gasteiger partial charge < -0.3 is 14.8 Å². The molecular weight excluding hydrogens is 269 g/mol. The molecule has 3 nitrogen and oxygen atoms in total. The van der Waals surface area contributed by atoms with Gasteiger partial charge in [0, 0.05) is 18.5 Å². The van der Waals surface area contributed by atoms with Gasteiger partial charge in [-0.3, -0.25) is 0 Å². The summed E-state index contributed by atoms with van der Waals surface area (Å²) in [7, 11) is 1.57. The highest BCUT2D eigenvalue weighted by molar-refractivity contribution is 5.36. The maximum atomic E-state index is 14.2. The first-order valence-electron chi connectivity index (χ1n) is 7.89. The average Bonchev–Trinajstić information content (AvgIpc) is 2.71. The van der Waals surface area contributed by atoms with Crippen LogP contribution >= 0.6 is 0 Å². The van der Waals surface area contributed by atoms with Crippen LogP contribution in [-0.4, -0.2) is 26.8 Å². The Hall–Kier alpha value is -1.13. The molecule has 0 radical (unpaired) electrons. The SMILES string of the molecule is COc1cccc(F)c1C1CNCC2(CCCCC2)CO1. The highest BCUT2D eigenvalue weighted by Crippen LogP contribution is 2.40. The highest BCUT2D eigenvalue weighted by Gasteiger charge is 2.36. The molecule has 116 valence electrons. The van der Waals surface area contributed by atoms with Crippen molar-refractivity contribution in [2.24, 2.45) is 5.41 Å². The van der Waals surface area contributed by atoms with E-state index in [-0.39, 0.29) is 17.3 Å². The monoisotopic (exact) mass is 293 g/mol. The minimum atomic E-state index is -0.276. The maximum absolute atomic E-state index is 14.2. The first kappa shape index (κ1) is 14.8. The third-order valence-electron chi connectivity index (χ3n) is 4.89. The molecule has 1 spiro atoms. The molecule has 0 aromatic heterocycles. The molecular formula is C17H24FNO2. The summed E-state index contributed by atoms with van der Waals surface area (Å²) in [4.78, 5) is 0. The van der Waals surface area contributed by atoms with E-state index in [1.807, 2.05) is 0 Å². The average molecular weight is 293 g/mol. The number of methoxy groups -OCH3 is 1. The number of hydrogen-bond acceptors (Lipinski definition) is 3. The largest absolute Gasteiger partial charge is 0.496 e. The maximum Gasteiger partial charge on any atom is 0.132 e. The van der Waals surface area contributed by atoms with Crippen molar-refractivity contribution in [3.8, 4) is 5.75 Å². The van der Waals surface area contributed by atoms with Gasteiger partial charge in [-0.05, 0) is 25.0 Å². The third-order valence-corrected chi connectivity index (χ3v) is 4.89. The topological polar surface area (TPSA) is 30.5 Å². The van der Waals surface area contributed by atoms with Crippen LogP contribution in [0.15, 0.2) is 18.2 Å². The van der Waals surface area contributed by atoms with E-state index in [1.54, 1.807) is 19.2 Å². The van der Waals surface area contributed by atoms with Crippen molar-refractivity contribution in [3.05, 3.63) is 29.6 Å². The molecule has 21 heavy (non-hydrogen) atoms. The lowest BCUT2D eigenvalue weighted by atomic mass is 9.74. The Morgan fingerprint density at radius 2 is 2.10 bits per heavy atom.